The van der Waals surface area contributed by atoms with Gasteiger partial charge in [0.05, 0.1) is 12.7 Å². The van der Waals surface area contributed by atoms with E-state index in [0.717, 1.165) is 33.3 Å². The molecule has 208 valence electrons. The maximum absolute atomic E-state index is 13.5. The Morgan fingerprint density at radius 2 is 1.93 bits per heavy atom. The first-order valence-electron chi connectivity index (χ1n) is 13.3. The predicted octanol–water partition coefficient (Wildman–Crippen LogP) is 5.43. The van der Waals surface area contributed by atoms with Crippen LogP contribution in [0.1, 0.15) is 34.8 Å². The van der Waals surface area contributed by atoms with Crippen LogP contribution in [0.3, 0.4) is 0 Å². The Bertz CT molecular complexity index is 1480. The lowest BCUT2D eigenvalue weighted by atomic mass is 9.92. The van der Waals surface area contributed by atoms with Crippen LogP contribution in [0, 0.1) is 6.92 Å². The van der Waals surface area contributed by atoms with Crippen LogP contribution in [0.25, 0.3) is 10.9 Å². The zero-order valence-electron chi connectivity index (χ0n) is 22.3. The number of halogens is 1. The molecule has 0 saturated carbocycles. The van der Waals surface area contributed by atoms with Crippen molar-refractivity contribution in [1.29, 1.82) is 0 Å². The third-order valence-electron chi connectivity index (χ3n) is 7.03. The van der Waals surface area contributed by atoms with Gasteiger partial charge in [-0.1, -0.05) is 41.4 Å². The van der Waals surface area contributed by atoms with Crippen LogP contribution in [0.2, 0.25) is 5.02 Å². The lowest BCUT2D eigenvalue weighted by Gasteiger charge is -2.35. The number of rotatable bonds is 9. The van der Waals surface area contributed by atoms with Crippen LogP contribution >= 0.6 is 11.6 Å². The molecule has 1 unspecified atom stereocenters. The number of aliphatic hydroxyl groups is 1. The van der Waals surface area contributed by atoms with Crippen molar-refractivity contribution in [1.82, 2.24) is 15.2 Å². The number of hydrogen-bond acceptors (Lipinski definition) is 6. The van der Waals surface area contributed by atoms with Crippen molar-refractivity contribution in [2.45, 2.75) is 31.9 Å². The summed E-state index contributed by atoms with van der Waals surface area (Å²) >= 11 is 6.32. The van der Waals surface area contributed by atoms with Crippen LogP contribution in [-0.2, 0) is 6.42 Å². The fourth-order valence-electron chi connectivity index (χ4n) is 5.00. The molecule has 2 atom stereocenters. The van der Waals surface area contributed by atoms with E-state index >= 15 is 0 Å². The molecule has 2 heterocycles. The van der Waals surface area contributed by atoms with Crippen molar-refractivity contribution in [2.24, 2.45) is 5.73 Å². The number of aryl methyl sites for hydroxylation is 1. The van der Waals surface area contributed by atoms with E-state index in [1.807, 2.05) is 61.5 Å². The van der Waals surface area contributed by atoms with Crippen molar-refractivity contribution in [3.63, 3.8) is 0 Å². The number of hydrogen-bond donors (Lipinski definition) is 4. The summed E-state index contributed by atoms with van der Waals surface area (Å²) < 4.78 is 11.7. The first-order valence-corrected chi connectivity index (χ1v) is 13.7. The Morgan fingerprint density at radius 1 is 1.18 bits per heavy atom. The molecule has 1 aliphatic heterocycles. The SMILES string of the molecule is Cc1ccc(OC(=O)N2CCc3c([nH]c4ccc(Cl)cc34)[C@@H]2c2ccc(OCCC(O)CN/C=C\N)cc2)cc1. The molecule has 5 rings (SSSR count). The standard InChI is InChI=1S/C31H33ClN4O4/c1-20-2-7-25(8-3-20)40-31(38)36-16-12-26-27-18-22(32)6-11-28(27)35-29(26)30(36)21-4-9-24(10-5-21)39-17-13-23(37)19-34-15-14-33/h2-11,14-15,18,23,30,34-35,37H,12-13,16-17,19,33H2,1H3/b15-14-/t23?,30-/m0/s1. The molecule has 0 bridgehead atoms. The average Bonchev–Trinajstić information content (AvgIpc) is 3.32. The van der Waals surface area contributed by atoms with Gasteiger partial charge in [0.1, 0.15) is 17.5 Å². The van der Waals surface area contributed by atoms with Crippen molar-refractivity contribution < 1.29 is 19.4 Å². The summed E-state index contributed by atoms with van der Waals surface area (Å²) in [6.45, 7) is 3.24. The van der Waals surface area contributed by atoms with E-state index in [2.05, 4.69) is 10.3 Å². The van der Waals surface area contributed by atoms with Crippen LogP contribution in [0.15, 0.2) is 79.1 Å². The molecule has 0 aliphatic carbocycles. The fourth-order valence-corrected chi connectivity index (χ4v) is 5.18. The van der Waals surface area contributed by atoms with Gasteiger partial charge >= 0.3 is 6.09 Å². The molecule has 0 radical (unpaired) electrons. The molecule has 0 spiro atoms. The monoisotopic (exact) mass is 560 g/mol. The summed E-state index contributed by atoms with van der Waals surface area (Å²) in [6.07, 6.45) is 3.14. The Balaban J connectivity index is 1.38. The number of aromatic amines is 1. The zero-order valence-corrected chi connectivity index (χ0v) is 23.0. The molecular formula is C31H33ClN4O4. The van der Waals surface area contributed by atoms with Crippen molar-refractivity contribution >= 4 is 28.6 Å². The third kappa shape index (κ3) is 6.19. The first kappa shape index (κ1) is 27.4. The number of fused-ring (bicyclic) bond motifs is 3. The average molecular weight is 561 g/mol. The maximum atomic E-state index is 13.5. The number of nitrogens with one attached hydrogen (secondary N) is 2. The Labute approximate surface area is 238 Å². The van der Waals surface area contributed by atoms with Gasteiger partial charge in [0.25, 0.3) is 0 Å². The van der Waals surface area contributed by atoms with E-state index in [1.54, 1.807) is 23.2 Å². The molecule has 9 heteroatoms. The number of ether oxygens (including phenoxy) is 2. The molecule has 5 N–H and O–H groups in total. The summed E-state index contributed by atoms with van der Waals surface area (Å²) in [5, 5.41) is 14.7. The molecule has 3 aromatic carbocycles. The minimum atomic E-state index is -0.556. The van der Waals surface area contributed by atoms with E-state index in [0.29, 0.717) is 49.1 Å². The van der Waals surface area contributed by atoms with Gasteiger partial charge in [-0.15, -0.1) is 0 Å². The lowest BCUT2D eigenvalue weighted by Crippen LogP contribution is -2.42. The van der Waals surface area contributed by atoms with Gasteiger partial charge in [0, 0.05) is 53.5 Å². The number of carbonyl (C=O) groups excluding carboxylic acids is 1. The fraction of sp³-hybridized carbons (Fsp3) is 0.258. The summed E-state index contributed by atoms with van der Waals surface area (Å²) in [4.78, 5) is 18.8. The van der Waals surface area contributed by atoms with E-state index in [9.17, 15) is 9.90 Å². The second kappa shape index (κ2) is 12.4. The molecule has 0 saturated heterocycles. The van der Waals surface area contributed by atoms with Gasteiger partial charge in [0.2, 0.25) is 0 Å². The van der Waals surface area contributed by atoms with E-state index in [4.69, 9.17) is 26.8 Å². The summed E-state index contributed by atoms with van der Waals surface area (Å²) in [5.41, 5.74) is 10.4. The summed E-state index contributed by atoms with van der Waals surface area (Å²) in [6, 6.07) is 20.5. The van der Waals surface area contributed by atoms with E-state index in [-0.39, 0.29) is 6.04 Å². The molecule has 8 nitrogen and oxygen atoms in total. The number of carbonyl (C=O) groups is 1. The number of nitrogens with zero attached hydrogens (tertiary/aromatic N) is 1. The summed E-state index contributed by atoms with van der Waals surface area (Å²) in [5.74, 6) is 1.18. The van der Waals surface area contributed by atoms with Crippen LogP contribution in [0.5, 0.6) is 11.5 Å². The Kier molecular flexibility index (Phi) is 8.48. The van der Waals surface area contributed by atoms with E-state index < -0.39 is 12.2 Å². The topological polar surface area (TPSA) is 113 Å². The van der Waals surface area contributed by atoms with Gasteiger partial charge < -0.3 is 30.6 Å². The zero-order chi connectivity index (χ0) is 28.1. The van der Waals surface area contributed by atoms with Crippen LogP contribution in [0.4, 0.5) is 4.79 Å². The molecule has 1 amide bonds. The maximum Gasteiger partial charge on any atom is 0.416 e. The highest BCUT2D eigenvalue weighted by Crippen LogP contribution is 2.40. The molecular weight excluding hydrogens is 528 g/mol. The molecule has 1 aliphatic rings. The number of H-pyrrole nitrogens is 1. The van der Waals surface area contributed by atoms with Crippen LogP contribution in [-0.4, -0.2) is 46.9 Å². The first-order chi connectivity index (χ1) is 19.4. The van der Waals surface area contributed by atoms with Gasteiger partial charge in [-0.25, -0.2) is 4.79 Å². The van der Waals surface area contributed by atoms with Crippen molar-refractivity contribution in [3.05, 3.63) is 107 Å². The number of aliphatic hydroxyl groups excluding tert-OH is 1. The third-order valence-corrected chi connectivity index (χ3v) is 7.27. The molecule has 1 aromatic heterocycles. The van der Waals surface area contributed by atoms with Crippen LogP contribution < -0.4 is 20.5 Å². The lowest BCUT2D eigenvalue weighted by molar-refractivity contribution is 0.135. The molecule has 40 heavy (non-hydrogen) atoms. The van der Waals surface area contributed by atoms with Gasteiger partial charge in [-0.2, -0.15) is 0 Å². The second-order valence-corrected chi connectivity index (χ2v) is 10.3. The number of nitrogens with two attached hydrogens (primary N) is 1. The summed E-state index contributed by atoms with van der Waals surface area (Å²) in [7, 11) is 0. The highest BCUT2D eigenvalue weighted by molar-refractivity contribution is 6.31. The van der Waals surface area contributed by atoms with Crippen molar-refractivity contribution in [3.8, 4) is 11.5 Å². The quantitative estimate of drug-likeness (QED) is 0.217. The highest BCUT2D eigenvalue weighted by Gasteiger charge is 2.35. The number of amides is 1. The van der Waals surface area contributed by atoms with Gasteiger partial charge in [0.15, 0.2) is 0 Å². The second-order valence-electron chi connectivity index (χ2n) is 9.86. The predicted molar refractivity (Wildman–Crippen MR) is 157 cm³/mol. The minimum Gasteiger partial charge on any atom is -0.493 e. The Morgan fingerprint density at radius 3 is 2.67 bits per heavy atom. The Hall–Kier alpha value is -4.14. The highest BCUT2D eigenvalue weighted by atomic mass is 35.5. The molecule has 0 fully saturated rings. The largest absolute Gasteiger partial charge is 0.493 e. The smallest absolute Gasteiger partial charge is 0.416 e. The van der Waals surface area contributed by atoms with Crippen molar-refractivity contribution in [2.75, 3.05) is 19.7 Å². The number of benzene rings is 3. The van der Waals surface area contributed by atoms with E-state index in [1.165, 1.54) is 6.20 Å². The minimum absolute atomic E-state index is 0.361. The normalized spacial score (nSPS) is 15.7. The number of aromatic nitrogens is 1. The van der Waals surface area contributed by atoms with Gasteiger partial charge in [-0.3, -0.25) is 4.90 Å². The van der Waals surface area contributed by atoms with Gasteiger partial charge in [-0.05, 0) is 66.9 Å². The molecule has 4 aromatic rings.